The van der Waals surface area contributed by atoms with Crippen LogP contribution < -0.4 is 0 Å². The fourth-order valence-electron chi connectivity index (χ4n) is 1.59. The molecule has 1 rings (SSSR count). The van der Waals surface area contributed by atoms with E-state index in [0.717, 1.165) is 16.7 Å². The molecule has 0 radical (unpaired) electrons. The molecule has 0 aliphatic carbocycles. The molecule has 0 atom stereocenters. The summed E-state index contributed by atoms with van der Waals surface area (Å²) in [6.07, 6.45) is 1.65. The van der Waals surface area contributed by atoms with Crippen LogP contribution in [0.25, 0.3) is 6.08 Å². The molecule has 0 saturated heterocycles. The summed E-state index contributed by atoms with van der Waals surface area (Å²) in [5.74, 6) is 0. The Labute approximate surface area is 86.2 Å². The van der Waals surface area contributed by atoms with Crippen LogP contribution in [0.3, 0.4) is 0 Å². The first-order chi connectivity index (χ1) is 6.50. The fraction of sp³-hybridized carbons (Fsp3) is 0.273. The highest BCUT2D eigenvalue weighted by Crippen LogP contribution is 2.17. The summed E-state index contributed by atoms with van der Waals surface area (Å²) in [7, 11) is -2.44. The Balaban J connectivity index is 3.21. The maximum atomic E-state index is 10.4. The van der Waals surface area contributed by atoms with Crippen molar-refractivity contribution in [1.82, 2.24) is 0 Å². The Kier molecular flexibility index (Phi) is 3.47. The van der Waals surface area contributed by atoms with E-state index in [-0.39, 0.29) is 0 Å². The van der Waals surface area contributed by atoms with Crippen LogP contribution in [-0.4, -0.2) is 8.42 Å². The summed E-state index contributed by atoms with van der Waals surface area (Å²) < 4.78 is 20.8. The van der Waals surface area contributed by atoms with Gasteiger partial charge in [0.25, 0.3) is 0 Å². The van der Waals surface area contributed by atoms with Crippen molar-refractivity contribution >= 4 is 16.8 Å². The second-order valence-electron chi connectivity index (χ2n) is 3.41. The lowest BCUT2D eigenvalue weighted by Gasteiger charge is -2.06. The van der Waals surface area contributed by atoms with Crippen LogP contribution in [0.5, 0.6) is 0 Å². The Hall–Kier alpha value is -1.09. The van der Waals surface area contributed by atoms with Crippen molar-refractivity contribution in [3.8, 4) is 0 Å². The molecule has 1 aromatic carbocycles. The topological polar surface area (TPSA) is 34.1 Å². The van der Waals surface area contributed by atoms with E-state index < -0.39 is 10.7 Å². The SMILES string of the molecule is Cc1cc(C)c(/C=C/[SH](=O)=O)c(C)c1. The summed E-state index contributed by atoms with van der Waals surface area (Å²) in [5.41, 5.74) is 4.41. The Morgan fingerprint density at radius 2 is 1.57 bits per heavy atom. The van der Waals surface area contributed by atoms with Gasteiger partial charge in [-0.2, -0.15) is 0 Å². The molecule has 0 N–H and O–H groups in total. The van der Waals surface area contributed by atoms with E-state index in [1.54, 1.807) is 6.08 Å². The number of hydrogen-bond acceptors (Lipinski definition) is 2. The first kappa shape index (κ1) is 11.0. The van der Waals surface area contributed by atoms with Crippen LogP contribution in [0.1, 0.15) is 22.3 Å². The maximum Gasteiger partial charge on any atom is 0.161 e. The first-order valence-corrected chi connectivity index (χ1v) is 5.65. The van der Waals surface area contributed by atoms with Gasteiger partial charge in [0, 0.05) is 5.41 Å². The predicted molar refractivity (Wildman–Crippen MR) is 60.0 cm³/mol. The Bertz CT molecular complexity index is 412. The number of hydrogen-bond donors (Lipinski definition) is 1. The summed E-state index contributed by atoms with van der Waals surface area (Å²) in [4.78, 5) is 0. The lowest BCUT2D eigenvalue weighted by molar-refractivity contribution is 0.622. The third kappa shape index (κ3) is 2.70. The van der Waals surface area contributed by atoms with E-state index in [1.165, 1.54) is 11.0 Å². The molecule has 76 valence electrons. The molecular formula is C11H14O2S. The number of rotatable bonds is 2. The zero-order chi connectivity index (χ0) is 10.7. The summed E-state index contributed by atoms with van der Waals surface area (Å²) in [6.45, 7) is 6.00. The monoisotopic (exact) mass is 210 g/mol. The molecule has 3 heteroatoms. The average molecular weight is 210 g/mol. The average Bonchev–Trinajstić information content (AvgIpc) is 2.01. The normalized spacial score (nSPS) is 11.4. The largest absolute Gasteiger partial charge is 0.227 e. The second kappa shape index (κ2) is 4.42. The molecule has 0 amide bonds. The smallest absolute Gasteiger partial charge is 0.161 e. The molecule has 0 bridgehead atoms. The summed E-state index contributed by atoms with van der Waals surface area (Å²) in [6, 6.07) is 4.09. The van der Waals surface area contributed by atoms with E-state index in [4.69, 9.17) is 0 Å². The van der Waals surface area contributed by atoms with Gasteiger partial charge in [0.15, 0.2) is 10.7 Å². The van der Waals surface area contributed by atoms with Gasteiger partial charge in [-0.3, -0.25) is 0 Å². The molecule has 0 heterocycles. The minimum Gasteiger partial charge on any atom is -0.227 e. The summed E-state index contributed by atoms with van der Waals surface area (Å²) >= 11 is 0. The van der Waals surface area contributed by atoms with Crippen LogP contribution >= 0.6 is 0 Å². The van der Waals surface area contributed by atoms with Crippen molar-refractivity contribution < 1.29 is 8.42 Å². The van der Waals surface area contributed by atoms with E-state index >= 15 is 0 Å². The molecule has 0 aliphatic heterocycles. The van der Waals surface area contributed by atoms with E-state index in [1.807, 2.05) is 32.9 Å². The second-order valence-corrected chi connectivity index (χ2v) is 4.28. The van der Waals surface area contributed by atoms with Crippen molar-refractivity contribution in [1.29, 1.82) is 0 Å². The molecule has 0 aromatic heterocycles. The third-order valence-electron chi connectivity index (χ3n) is 2.10. The highest BCUT2D eigenvalue weighted by Gasteiger charge is 1.99. The van der Waals surface area contributed by atoms with Crippen molar-refractivity contribution in [3.05, 3.63) is 39.8 Å². The summed E-state index contributed by atoms with van der Waals surface area (Å²) in [5, 5.41) is 1.21. The van der Waals surface area contributed by atoms with Gasteiger partial charge < -0.3 is 0 Å². The van der Waals surface area contributed by atoms with Gasteiger partial charge in [0.1, 0.15) is 0 Å². The van der Waals surface area contributed by atoms with Gasteiger partial charge in [0.2, 0.25) is 0 Å². The number of aryl methyl sites for hydroxylation is 3. The Morgan fingerprint density at radius 1 is 1.07 bits per heavy atom. The Morgan fingerprint density at radius 3 is 2.00 bits per heavy atom. The fourth-order valence-corrected chi connectivity index (χ4v) is 1.86. The molecule has 0 aliphatic rings. The van der Waals surface area contributed by atoms with E-state index in [9.17, 15) is 8.42 Å². The molecule has 1 aromatic rings. The van der Waals surface area contributed by atoms with Gasteiger partial charge in [-0.25, -0.2) is 8.42 Å². The first-order valence-electron chi connectivity index (χ1n) is 4.40. The lowest BCUT2D eigenvalue weighted by Crippen LogP contribution is -1.88. The van der Waals surface area contributed by atoms with Gasteiger partial charge >= 0.3 is 0 Å². The highest BCUT2D eigenvalue weighted by atomic mass is 32.2. The van der Waals surface area contributed by atoms with Crippen molar-refractivity contribution in [3.63, 3.8) is 0 Å². The van der Waals surface area contributed by atoms with E-state index in [2.05, 4.69) is 0 Å². The molecule has 0 saturated carbocycles. The standard InChI is InChI=1S/C11H14O2S/c1-8-6-9(2)11(10(3)7-8)4-5-14(12)13/h4-7,14H,1-3H3/b5-4+. The zero-order valence-electron chi connectivity index (χ0n) is 8.57. The predicted octanol–water partition coefficient (Wildman–Crippen LogP) is 2.19. The molecule has 0 unspecified atom stereocenters. The minimum atomic E-state index is -2.44. The van der Waals surface area contributed by atoms with Crippen LogP contribution in [0.2, 0.25) is 0 Å². The quantitative estimate of drug-likeness (QED) is 0.759. The van der Waals surface area contributed by atoms with Gasteiger partial charge in [-0.05, 0) is 43.5 Å². The molecular weight excluding hydrogens is 196 g/mol. The number of thiol groups is 1. The molecule has 0 fully saturated rings. The lowest BCUT2D eigenvalue weighted by atomic mass is 10.0. The van der Waals surface area contributed by atoms with Gasteiger partial charge in [-0.1, -0.05) is 17.7 Å². The zero-order valence-corrected chi connectivity index (χ0v) is 9.47. The van der Waals surface area contributed by atoms with Crippen molar-refractivity contribution in [2.75, 3.05) is 0 Å². The van der Waals surface area contributed by atoms with Crippen LogP contribution in [0.15, 0.2) is 17.5 Å². The third-order valence-corrected chi connectivity index (χ3v) is 2.49. The van der Waals surface area contributed by atoms with Crippen molar-refractivity contribution in [2.45, 2.75) is 20.8 Å². The molecule has 0 spiro atoms. The van der Waals surface area contributed by atoms with E-state index in [0.29, 0.717) is 0 Å². The van der Waals surface area contributed by atoms with Crippen molar-refractivity contribution in [2.24, 2.45) is 0 Å². The van der Waals surface area contributed by atoms with Crippen LogP contribution in [0, 0.1) is 20.8 Å². The van der Waals surface area contributed by atoms with Gasteiger partial charge in [-0.15, -0.1) is 0 Å². The van der Waals surface area contributed by atoms with Crippen LogP contribution in [-0.2, 0) is 10.7 Å². The number of benzene rings is 1. The maximum absolute atomic E-state index is 10.4. The molecule has 14 heavy (non-hydrogen) atoms. The minimum absolute atomic E-state index is 0.995. The highest BCUT2D eigenvalue weighted by molar-refractivity contribution is 7.75. The van der Waals surface area contributed by atoms with Crippen LogP contribution in [0.4, 0.5) is 0 Å². The van der Waals surface area contributed by atoms with Gasteiger partial charge in [0.05, 0.1) is 0 Å². The molecule has 2 nitrogen and oxygen atoms in total.